The molecule has 0 fully saturated rings. The number of carbonyl (C=O) groups is 1. The third kappa shape index (κ3) is 3.28. The molecule has 0 aromatic heterocycles. The van der Waals surface area contributed by atoms with Crippen LogP contribution in [0.4, 0.5) is 0 Å². The summed E-state index contributed by atoms with van der Waals surface area (Å²) in [6.07, 6.45) is 0.975. The summed E-state index contributed by atoms with van der Waals surface area (Å²) < 4.78 is 6.25. The van der Waals surface area contributed by atoms with Crippen molar-refractivity contribution in [3.05, 3.63) is 63.6 Å². The molecule has 104 valence electrons. The third-order valence-electron chi connectivity index (χ3n) is 3.12. The maximum atomic E-state index is 12.4. The van der Waals surface area contributed by atoms with Crippen molar-refractivity contribution in [2.75, 3.05) is 6.61 Å². The van der Waals surface area contributed by atoms with E-state index in [-0.39, 0.29) is 5.78 Å². The lowest BCUT2D eigenvalue weighted by Gasteiger charge is -2.08. The van der Waals surface area contributed by atoms with E-state index in [1.807, 2.05) is 37.3 Å². The normalized spacial score (nSPS) is 10.3. The van der Waals surface area contributed by atoms with Crippen LogP contribution in [0.1, 0.15) is 35.3 Å². The number of ether oxygens (including phenoxy) is 1. The lowest BCUT2D eigenvalue weighted by atomic mass is 10.0. The maximum Gasteiger partial charge on any atom is 0.193 e. The first-order valence-corrected chi connectivity index (χ1v) is 7.51. The number of rotatable bonds is 5. The Balaban J connectivity index is 2.26. The quantitative estimate of drug-likeness (QED) is 0.745. The highest BCUT2D eigenvalue weighted by atomic mass is 79.9. The Labute approximate surface area is 127 Å². The second kappa shape index (κ2) is 6.71. The lowest BCUT2D eigenvalue weighted by Crippen LogP contribution is -2.02. The van der Waals surface area contributed by atoms with Crippen LogP contribution in [0, 0.1) is 0 Å². The summed E-state index contributed by atoms with van der Waals surface area (Å²) in [6.45, 7) is 4.63. The van der Waals surface area contributed by atoms with E-state index < -0.39 is 0 Å². The second-order valence-electron chi connectivity index (χ2n) is 4.46. The van der Waals surface area contributed by atoms with Crippen molar-refractivity contribution < 1.29 is 9.53 Å². The summed E-state index contributed by atoms with van der Waals surface area (Å²) in [5, 5.41) is 0. The summed E-state index contributed by atoms with van der Waals surface area (Å²) in [5.41, 5.74) is 2.59. The van der Waals surface area contributed by atoms with Crippen molar-refractivity contribution in [2.24, 2.45) is 0 Å². The molecular formula is C17H17BrO2. The summed E-state index contributed by atoms with van der Waals surface area (Å²) in [7, 11) is 0. The lowest BCUT2D eigenvalue weighted by molar-refractivity contribution is 0.103. The molecule has 0 bridgehead atoms. The van der Waals surface area contributed by atoms with Gasteiger partial charge in [-0.2, -0.15) is 0 Å². The van der Waals surface area contributed by atoms with Gasteiger partial charge in [0.1, 0.15) is 5.75 Å². The molecular weight excluding hydrogens is 316 g/mol. The van der Waals surface area contributed by atoms with Crippen LogP contribution in [0.25, 0.3) is 0 Å². The van der Waals surface area contributed by atoms with E-state index in [4.69, 9.17) is 4.74 Å². The number of benzene rings is 2. The average molecular weight is 333 g/mol. The van der Waals surface area contributed by atoms with Gasteiger partial charge >= 0.3 is 0 Å². The van der Waals surface area contributed by atoms with Crippen molar-refractivity contribution >= 4 is 21.7 Å². The average Bonchev–Trinajstić information content (AvgIpc) is 2.49. The highest BCUT2D eigenvalue weighted by molar-refractivity contribution is 9.10. The van der Waals surface area contributed by atoms with Gasteiger partial charge < -0.3 is 4.74 Å². The summed E-state index contributed by atoms with van der Waals surface area (Å²) in [4.78, 5) is 12.4. The molecule has 2 aromatic carbocycles. The number of ketones is 1. The van der Waals surface area contributed by atoms with Gasteiger partial charge in [-0.25, -0.2) is 0 Å². The third-order valence-corrected chi connectivity index (χ3v) is 3.74. The fraction of sp³-hybridized carbons (Fsp3) is 0.235. The molecule has 0 saturated heterocycles. The zero-order valence-electron chi connectivity index (χ0n) is 11.7. The van der Waals surface area contributed by atoms with E-state index >= 15 is 0 Å². The Kier molecular flexibility index (Phi) is 4.96. The van der Waals surface area contributed by atoms with Crippen LogP contribution in [0.3, 0.4) is 0 Å². The molecule has 0 heterocycles. The Morgan fingerprint density at radius 2 is 1.70 bits per heavy atom. The molecule has 0 aliphatic heterocycles. The molecule has 0 aliphatic rings. The smallest absolute Gasteiger partial charge is 0.193 e. The van der Waals surface area contributed by atoms with Gasteiger partial charge in [0.25, 0.3) is 0 Å². The van der Waals surface area contributed by atoms with Crippen LogP contribution in [0.5, 0.6) is 5.75 Å². The van der Waals surface area contributed by atoms with Gasteiger partial charge in [-0.05, 0) is 53.0 Å². The van der Waals surface area contributed by atoms with E-state index in [0.29, 0.717) is 17.7 Å². The van der Waals surface area contributed by atoms with Crippen LogP contribution in [-0.4, -0.2) is 12.4 Å². The topological polar surface area (TPSA) is 26.3 Å². The molecule has 0 saturated carbocycles. The highest BCUT2D eigenvalue weighted by Gasteiger charge is 2.11. The Hall–Kier alpha value is -1.61. The number of halogens is 1. The van der Waals surface area contributed by atoms with E-state index in [2.05, 4.69) is 22.9 Å². The zero-order valence-corrected chi connectivity index (χ0v) is 13.2. The predicted octanol–water partition coefficient (Wildman–Crippen LogP) is 4.64. The molecule has 0 aliphatic carbocycles. The predicted molar refractivity (Wildman–Crippen MR) is 84.6 cm³/mol. The van der Waals surface area contributed by atoms with Crippen LogP contribution in [0.15, 0.2) is 46.9 Å². The number of aryl methyl sites for hydroxylation is 1. The van der Waals surface area contributed by atoms with E-state index in [0.717, 1.165) is 16.6 Å². The summed E-state index contributed by atoms with van der Waals surface area (Å²) >= 11 is 3.43. The zero-order chi connectivity index (χ0) is 14.5. The molecule has 3 heteroatoms. The van der Waals surface area contributed by atoms with Crippen LogP contribution in [-0.2, 0) is 6.42 Å². The van der Waals surface area contributed by atoms with Crippen molar-refractivity contribution in [1.29, 1.82) is 0 Å². The van der Waals surface area contributed by atoms with Crippen molar-refractivity contribution in [3.63, 3.8) is 0 Å². The monoisotopic (exact) mass is 332 g/mol. The van der Waals surface area contributed by atoms with Crippen LogP contribution >= 0.6 is 15.9 Å². The first-order chi connectivity index (χ1) is 9.65. The molecule has 0 unspecified atom stereocenters. The Morgan fingerprint density at radius 1 is 1.05 bits per heavy atom. The minimum absolute atomic E-state index is 0.0244. The fourth-order valence-electron chi connectivity index (χ4n) is 1.97. The van der Waals surface area contributed by atoms with Crippen molar-refractivity contribution in [2.45, 2.75) is 20.3 Å². The largest absolute Gasteiger partial charge is 0.493 e. The summed E-state index contributed by atoms with van der Waals surface area (Å²) in [5.74, 6) is 0.779. The van der Waals surface area contributed by atoms with Gasteiger partial charge in [0.15, 0.2) is 5.78 Å². The summed E-state index contributed by atoms with van der Waals surface area (Å²) in [6, 6.07) is 13.2. The molecule has 0 atom stereocenters. The van der Waals surface area contributed by atoms with Crippen LogP contribution in [0.2, 0.25) is 0 Å². The standard InChI is InChI=1S/C17H17BrO2/c1-3-12-5-7-13(8-6-12)17(19)14-9-10-16(20-4-2)15(18)11-14/h5-11H,3-4H2,1-2H3. The first-order valence-electron chi connectivity index (χ1n) is 6.71. The van der Waals surface area contributed by atoms with Gasteiger partial charge in [0.05, 0.1) is 11.1 Å². The van der Waals surface area contributed by atoms with Gasteiger partial charge in [-0.1, -0.05) is 31.2 Å². The highest BCUT2D eigenvalue weighted by Crippen LogP contribution is 2.27. The second-order valence-corrected chi connectivity index (χ2v) is 5.31. The maximum absolute atomic E-state index is 12.4. The van der Waals surface area contributed by atoms with Crippen LogP contribution < -0.4 is 4.74 Å². The van der Waals surface area contributed by atoms with Gasteiger partial charge in [-0.15, -0.1) is 0 Å². The number of hydrogen-bond donors (Lipinski definition) is 0. The molecule has 2 nitrogen and oxygen atoms in total. The SMILES string of the molecule is CCOc1ccc(C(=O)c2ccc(CC)cc2)cc1Br. The minimum atomic E-state index is 0.0244. The van der Waals surface area contributed by atoms with Crippen molar-refractivity contribution in [3.8, 4) is 5.75 Å². The molecule has 2 rings (SSSR count). The van der Waals surface area contributed by atoms with Gasteiger partial charge in [0.2, 0.25) is 0 Å². The molecule has 0 spiro atoms. The molecule has 0 amide bonds. The fourth-order valence-corrected chi connectivity index (χ4v) is 2.47. The van der Waals surface area contributed by atoms with E-state index in [1.165, 1.54) is 5.56 Å². The van der Waals surface area contributed by atoms with E-state index in [1.54, 1.807) is 12.1 Å². The molecule has 0 N–H and O–H groups in total. The first kappa shape index (κ1) is 14.8. The molecule has 0 radical (unpaired) electrons. The number of carbonyl (C=O) groups excluding carboxylic acids is 1. The molecule has 2 aromatic rings. The van der Waals surface area contributed by atoms with E-state index in [9.17, 15) is 4.79 Å². The Bertz CT molecular complexity index is 603. The van der Waals surface area contributed by atoms with Gasteiger partial charge in [0, 0.05) is 11.1 Å². The minimum Gasteiger partial charge on any atom is -0.493 e. The van der Waals surface area contributed by atoms with Gasteiger partial charge in [-0.3, -0.25) is 4.79 Å². The Morgan fingerprint density at radius 3 is 2.25 bits per heavy atom. The van der Waals surface area contributed by atoms with Crippen molar-refractivity contribution in [1.82, 2.24) is 0 Å². The number of hydrogen-bond acceptors (Lipinski definition) is 2. The molecule has 20 heavy (non-hydrogen) atoms.